The first-order valence-electron chi connectivity index (χ1n) is 6.12. The first kappa shape index (κ1) is 13.2. The Morgan fingerprint density at radius 2 is 2.25 bits per heavy atom. The molecule has 0 amide bonds. The van der Waals surface area contributed by atoms with E-state index >= 15 is 0 Å². The van der Waals surface area contributed by atoms with Crippen molar-refractivity contribution in [3.63, 3.8) is 0 Å². The summed E-state index contributed by atoms with van der Waals surface area (Å²) in [5, 5.41) is 3.48. The Bertz CT molecular complexity index is 261. The van der Waals surface area contributed by atoms with E-state index in [2.05, 4.69) is 17.0 Å². The van der Waals surface area contributed by atoms with Crippen molar-refractivity contribution < 1.29 is 9.53 Å². The SMILES string of the molecule is COC(=O)C(C)=CCNC1CCCC(C)C1. The predicted molar refractivity (Wildman–Crippen MR) is 65.2 cm³/mol. The first-order valence-corrected chi connectivity index (χ1v) is 6.12. The zero-order chi connectivity index (χ0) is 12.0. The molecule has 3 heteroatoms. The van der Waals surface area contributed by atoms with E-state index in [4.69, 9.17) is 0 Å². The molecule has 92 valence electrons. The number of methoxy groups -OCH3 is 1. The molecule has 1 rings (SSSR count). The lowest BCUT2D eigenvalue weighted by molar-refractivity contribution is -0.136. The minimum atomic E-state index is -0.237. The maximum absolute atomic E-state index is 11.1. The van der Waals surface area contributed by atoms with Gasteiger partial charge < -0.3 is 10.1 Å². The molecule has 0 aromatic heterocycles. The van der Waals surface area contributed by atoms with E-state index in [0.717, 1.165) is 12.5 Å². The van der Waals surface area contributed by atoms with Crippen LogP contribution >= 0.6 is 0 Å². The highest BCUT2D eigenvalue weighted by molar-refractivity contribution is 5.87. The highest BCUT2D eigenvalue weighted by Crippen LogP contribution is 2.23. The second-order valence-corrected chi connectivity index (χ2v) is 4.76. The predicted octanol–water partition coefficient (Wildman–Crippen LogP) is 2.27. The first-order chi connectivity index (χ1) is 7.63. The molecule has 0 aromatic rings. The van der Waals surface area contributed by atoms with Gasteiger partial charge in [-0.3, -0.25) is 0 Å². The summed E-state index contributed by atoms with van der Waals surface area (Å²) in [5.41, 5.74) is 0.679. The summed E-state index contributed by atoms with van der Waals surface area (Å²) in [6.07, 6.45) is 7.10. The van der Waals surface area contributed by atoms with E-state index < -0.39 is 0 Å². The Morgan fingerprint density at radius 3 is 2.88 bits per heavy atom. The molecule has 0 heterocycles. The molecule has 0 spiro atoms. The number of rotatable bonds is 4. The molecule has 0 aliphatic heterocycles. The largest absolute Gasteiger partial charge is 0.466 e. The molecule has 0 saturated heterocycles. The zero-order valence-corrected chi connectivity index (χ0v) is 10.6. The molecule has 0 bridgehead atoms. The van der Waals surface area contributed by atoms with Crippen LogP contribution in [0.1, 0.15) is 39.5 Å². The van der Waals surface area contributed by atoms with Crippen molar-refractivity contribution in [1.29, 1.82) is 0 Å². The van der Waals surface area contributed by atoms with Crippen LogP contribution in [0.2, 0.25) is 0 Å². The lowest BCUT2D eigenvalue weighted by Gasteiger charge is -2.27. The van der Waals surface area contributed by atoms with Gasteiger partial charge in [-0.15, -0.1) is 0 Å². The van der Waals surface area contributed by atoms with Crippen LogP contribution in [0, 0.1) is 5.92 Å². The summed E-state index contributed by atoms with van der Waals surface area (Å²) < 4.78 is 4.64. The Morgan fingerprint density at radius 1 is 1.50 bits per heavy atom. The van der Waals surface area contributed by atoms with Gasteiger partial charge >= 0.3 is 5.97 Å². The molecule has 1 aliphatic rings. The summed E-state index contributed by atoms with van der Waals surface area (Å²) in [6, 6.07) is 0.616. The number of esters is 1. The number of hydrogen-bond acceptors (Lipinski definition) is 3. The second kappa shape index (κ2) is 6.69. The third-order valence-electron chi connectivity index (χ3n) is 3.26. The Kier molecular flexibility index (Phi) is 5.53. The molecular formula is C13H23NO2. The van der Waals surface area contributed by atoms with Crippen molar-refractivity contribution in [2.24, 2.45) is 5.92 Å². The van der Waals surface area contributed by atoms with E-state index in [9.17, 15) is 4.79 Å². The van der Waals surface area contributed by atoms with Gasteiger partial charge in [0.05, 0.1) is 7.11 Å². The lowest BCUT2D eigenvalue weighted by atomic mass is 9.87. The third kappa shape index (κ3) is 4.35. The molecule has 1 fully saturated rings. The fourth-order valence-electron chi connectivity index (χ4n) is 2.24. The molecule has 1 N–H and O–H groups in total. The van der Waals surface area contributed by atoms with Gasteiger partial charge in [0, 0.05) is 18.2 Å². The summed E-state index contributed by atoms with van der Waals surface area (Å²) in [7, 11) is 1.41. The Labute approximate surface area is 98.2 Å². The average molecular weight is 225 g/mol. The van der Waals surface area contributed by atoms with Crippen LogP contribution in [0.3, 0.4) is 0 Å². The van der Waals surface area contributed by atoms with E-state index in [1.54, 1.807) is 6.92 Å². The topological polar surface area (TPSA) is 38.3 Å². The average Bonchev–Trinajstić information content (AvgIpc) is 2.28. The van der Waals surface area contributed by atoms with Crippen LogP contribution in [0.25, 0.3) is 0 Å². The molecule has 16 heavy (non-hydrogen) atoms. The van der Waals surface area contributed by atoms with Crippen LogP contribution in [-0.2, 0) is 9.53 Å². The standard InChI is InChI=1S/C13H23NO2/c1-10-5-4-6-12(9-10)14-8-7-11(2)13(15)16-3/h7,10,12,14H,4-6,8-9H2,1-3H3. The minimum Gasteiger partial charge on any atom is -0.466 e. The van der Waals surface area contributed by atoms with Crippen molar-refractivity contribution in [2.45, 2.75) is 45.6 Å². The van der Waals surface area contributed by atoms with Crippen molar-refractivity contribution >= 4 is 5.97 Å². The molecule has 3 nitrogen and oxygen atoms in total. The van der Waals surface area contributed by atoms with Gasteiger partial charge in [-0.2, -0.15) is 0 Å². The molecule has 1 aliphatic carbocycles. The number of carbonyl (C=O) groups excluding carboxylic acids is 1. The highest BCUT2D eigenvalue weighted by Gasteiger charge is 2.17. The van der Waals surface area contributed by atoms with Crippen molar-refractivity contribution in [1.82, 2.24) is 5.32 Å². The number of hydrogen-bond donors (Lipinski definition) is 1. The zero-order valence-electron chi connectivity index (χ0n) is 10.6. The fourth-order valence-corrected chi connectivity index (χ4v) is 2.24. The fraction of sp³-hybridized carbons (Fsp3) is 0.769. The van der Waals surface area contributed by atoms with Crippen LogP contribution in [0.15, 0.2) is 11.6 Å². The van der Waals surface area contributed by atoms with E-state index in [0.29, 0.717) is 11.6 Å². The Balaban J connectivity index is 2.26. The van der Waals surface area contributed by atoms with Gasteiger partial charge in [-0.05, 0) is 25.7 Å². The van der Waals surface area contributed by atoms with Gasteiger partial charge in [0.2, 0.25) is 0 Å². The molecular weight excluding hydrogens is 202 g/mol. The van der Waals surface area contributed by atoms with Gasteiger partial charge in [0.15, 0.2) is 0 Å². The third-order valence-corrected chi connectivity index (χ3v) is 3.26. The summed E-state index contributed by atoms with van der Waals surface area (Å²) >= 11 is 0. The molecule has 2 unspecified atom stereocenters. The smallest absolute Gasteiger partial charge is 0.333 e. The molecule has 1 saturated carbocycles. The normalized spacial score (nSPS) is 26.6. The van der Waals surface area contributed by atoms with Crippen LogP contribution in [-0.4, -0.2) is 25.7 Å². The van der Waals surface area contributed by atoms with E-state index in [1.807, 2.05) is 6.08 Å². The monoisotopic (exact) mass is 225 g/mol. The quantitative estimate of drug-likeness (QED) is 0.589. The van der Waals surface area contributed by atoms with Crippen molar-refractivity contribution in [3.8, 4) is 0 Å². The maximum atomic E-state index is 11.1. The maximum Gasteiger partial charge on any atom is 0.333 e. The minimum absolute atomic E-state index is 0.237. The summed E-state index contributed by atoms with van der Waals surface area (Å²) in [6.45, 7) is 4.86. The number of nitrogens with one attached hydrogen (secondary N) is 1. The molecule has 2 atom stereocenters. The highest BCUT2D eigenvalue weighted by atomic mass is 16.5. The summed E-state index contributed by atoms with van der Waals surface area (Å²) in [4.78, 5) is 11.1. The van der Waals surface area contributed by atoms with E-state index in [1.165, 1.54) is 32.8 Å². The van der Waals surface area contributed by atoms with Gasteiger partial charge in [0.1, 0.15) is 0 Å². The lowest BCUT2D eigenvalue weighted by Crippen LogP contribution is -2.33. The number of carbonyl (C=O) groups is 1. The molecule has 0 radical (unpaired) electrons. The van der Waals surface area contributed by atoms with Crippen LogP contribution < -0.4 is 5.32 Å². The summed E-state index contributed by atoms with van der Waals surface area (Å²) in [5.74, 6) is 0.593. The van der Waals surface area contributed by atoms with Crippen molar-refractivity contribution in [2.75, 3.05) is 13.7 Å². The van der Waals surface area contributed by atoms with Crippen molar-refractivity contribution in [3.05, 3.63) is 11.6 Å². The second-order valence-electron chi connectivity index (χ2n) is 4.76. The molecule has 0 aromatic carbocycles. The van der Waals surface area contributed by atoms with E-state index in [-0.39, 0.29) is 5.97 Å². The van der Waals surface area contributed by atoms with Gasteiger partial charge in [-0.1, -0.05) is 25.8 Å². The number of ether oxygens (including phenoxy) is 1. The van der Waals surface area contributed by atoms with Gasteiger partial charge in [-0.25, -0.2) is 4.79 Å². The van der Waals surface area contributed by atoms with Crippen LogP contribution in [0.4, 0.5) is 0 Å². The Hall–Kier alpha value is -0.830. The van der Waals surface area contributed by atoms with Gasteiger partial charge in [0.25, 0.3) is 0 Å². The van der Waals surface area contributed by atoms with Crippen LogP contribution in [0.5, 0.6) is 0 Å².